The largest absolute Gasteiger partial charge is 0.493 e. The molecule has 0 fully saturated rings. The zero-order valence-electron chi connectivity index (χ0n) is 13.0. The lowest BCUT2D eigenvalue weighted by Crippen LogP contribution is -2.28. The molecule has 0 radical (unpaired) electrons. The molecule has 0 saturated carbocycles. The lowest BCUT2D eigenvalue weighted by atomic mass is 9.84. The number of para-hydroxylation sites is 1. The molecule has 24 heavy (non-hydrogen) atoms. The highest BCUT2D eigenvalue weighted by molar-refractivity contribution is 5.59. The maximum Gasteiger partial charge on any atom is 0.258 e. The smallest absolute Gasteiger partial charge is 0.258 e. The predicted molar refractivity (Wildman–Crippen MR) is 83.7 cm³/mol. The van der Waals surface area contributed by atoms with E-state index in [0.29, 0.717) is 17.1 Å². The summed E-state index contributed by atoms with van der Waals surface area (Å²) in [7, 11) is 2.98. The Hall–Kier alpha value is -3.47. The minimum atomic E-state index is -0.777. The molecule has 0 amide bonds. The SMILES string of the molecule is COc1cccc([C@@H]2C(C#N)=C(N)Oc3nc[nH]c(=O)c32)c1OC. The fraction of sp³-hybridized carbons (Fsp3) is 0.188. The number of benzene rings is 1. The fourth-order valence-electron chi connectivity index (χ4n) is 2.75. The van der Waals surface area contributed by atoms with E-state index in [2.05, 4.69) is 9.97 Å². The average molecular weight is 326 g/mol. The number of aromatic amines is 1. The highest BCUT2D eigenvalue weighted by Crippen LogP contribution is 2.44. The zero-order valence-corrected chi connectivity index (χ0v) is 13.0. The van der Waals surface area contributed by atoms with Gasteiger partial charge in [-0.2, -0.15) is 5.26 Å². The molecule has 8 heteroatoms. The minimum Gasteiger partial charge on any atom is -0.493 e. The van der Waals surface area contributed by atoms with E-state index in [4.69, 9.17) is 19.9 Å². The van der Waals surface area contributed by atoms with Crippen LogP contribution in [-0.4, -0.2) is 24.2 Å². The van der Waals surface area contributed by atoms with Crippen LogP contribution in [0.3, 0.4) is 0 Å². The molecule has 1 aliphatic rings. The molecule has 1 aromatic carbocycles. The summed E-state index contributed by atoms with van der Waals surface area (Å²) in [4.78, 5) is 18.8. The van der Waals surface area contributed by atoms with Gasteiger partial charge in [0.1, 0.15) is 11.6 Å². The number of nitrogens with two attached hydrogens (primary N) is 1. The van der Waals surface area contributed by atoms with E-state index >= 15 is 0 Å². The Bertz CT molecular complexity index is 926. The third kappa shape index (κ3) is 2.23. The Kier molecular flexibility index (Phi) is 3.83. The first-order chi connectivity index (χ1) is 11.6. The van der Waals surface area contributed by atoms with Crippen LogP contribution in [0.25, 0.3) is 0 Å². The van der Waals surface area contributed by atoms with Gasteiger partial charge in [-0.05, 0) is 6.07 Å². The van der Waals surface area contributed by atoms with Crippen molar-refractivity contribution in [3.8, 4) is 23.4 Å². The molecule has 0 bridgehead atoms. The van der Waals surface area contributed by atoms with Crippen molar-refractivity contribution in [2.24, 2.45) is 5.73 Å². The Morgan fingerprint density at radius 2 is 2.17 bits per heavy atom. The number of methoxy groups -OCH3 is 2. The summed E-state index contributed by atoms with van der Waals surface area (Å²) in [5.41, 5.74) is 6.28. The Balaban J connectivity index is 2.35. The molecule has 2 heterocycles. The van der Waals surface area contributed by atoms with Crippen LogP contribution in [0, 0.1) is 11.3 Å². The zero-order chi connectivity index (χ0) is 17.3. The highest BCUT2D eigenvalue weighted by atomic mass is 16.5. The molecule has 0 spiro atoms. The Morgan fingerprint density at radius 1 is 1.38 bits per heavy atom. The van der Waals surface area contributed by atoms with Gasteiger partial charge in [0.05, 0.1) is 32.0 Å². The van der Waals surface area contributed by atoms with Crippen molar-refractivity contribution in [1.82, 2.24) is 9.97 Å². The van der Waals surface area contributed by atoms with E-state index in [1.165, 1.54) is 20.5 Å². The summed E-state index contributed by atoms with van der Waals surface area (Å²) < 4.78 is 16.1. The molecule has 3 rings (SSSR count). The molecule has 8 nitrogen and oxygen atoms in total. The van der Waals surface area contributed by atoms with Crippen LogP contribution in [0.15, 0.2) is 40.8 Å². The molecule has 0 saturated heterocycles. The van der Waals surface area contributed by atoms with Crippen molar-refractivity contribution < 1.29 is 14.2 Å². The number of ether oxygens (including phenoxy) is 3. The minimum absolute atomic E-state index is 0.0603. The molecule has 122 valence electrons. The van der Waals surface area contributed by atoms with Gasteiger partial charge in [0.15, 0.2) is 11.5 Å². The summed E-state index contributed by atoms with van der Waals surface area (Å²) in [6, 6.07) is 7.20. The standard InChI is InChI=1S/C16H14N4O4/c1-22-10-5-3-4-8(13(10)23-2)11-9(6-17)14(18)24-16-12(11)15(21)19-7-20-16/h3-5,7,11H,18H2,1-2H3,(H,19,20,21)/t11-/m1/s1. The Morgan fingerprint density at radius 3 is 2.83 bits per heavy atom. The number of nitrogens with zero attached hydrogens (tertiary/aromatic N) is 2. The Labute approximate surface area is 137 Å². The lowest BCUT2D eigenvalue weighted by molar-refractivity contribution is 0.347. The van der Waals surface area contributed by atoms with Crippen molar-refractivity contribution in [3.63, 3.8) is 0 Å². The summed E-state index contributed by atoms with van der Waals surface area (Å²) >= 11 is 0. The monoisotopic (exact) mass is 326 g/mol. The van der Waals surface area contributed by atoms with E-state index in [1.54, 1.807) is 18.2 Å². The van der Waals surface area contributed by atoms with Crippen molar-refractivity contribution in [2.45, 2.75) is 5.92 Å². The highest BCUT2D eigenvalue weighted by Gasteiger charge is 2.36. The van der Waals surface area contributed by atoms with Crippen LogP contribution in [0.4, 0.5) is 0 Å². The van der Waals surface area contributed by atoms with Crippen molar-refractivity contribution >= 4 is 0 Å². The first kappa shape index (κ1) is 15.4. The van der Waals surface area contributed by atoms with Gasteiger partial charge < -0.3 is 24.9 Å². The topological polar surface area (TPSA) is 123 Å². The van der Waals surface area contributed by atoms with Crippen LogP contribution in [-0.2, 0) is 0 Å². The van der Waals surface area contributed by atoms with Gasteiger partial charge in [-0.1, -0.05) is 12.1 Å². The molecular weight excluding hydrogens is 312 g/mol. The van der Waals surface area contributed by atoms with Crippen LogP contribution < -0.4 is 25.5 Å². The maximum atomic E-state index is 12.3. The summed E-state index contributed by atoms with van der Waals surface area (Å²) in [5, 5.41) is 9.53. The van der Waals surface area contributed by atoms with Gasteiger partial charge in [-0.25, -0.2) is 4.98 Å². The van der Waals surface area contributed by atoms with E-state index < -0.39 is 11.5 Å². The normalized spacial score (nSPS) is 16.0. The summed E-state index contributed by atoms with van der Waals surface area (Å²) in [6.45, 7) is 0. The van der Waals surface area contributed by atoms with Gasteiger partial charge in [0, 0.05) is 5.56 Å². The van der Waals surface area contributed by atoms with E-state index in [-0.39, 0.29) is 22.9 Å². The van der Waals surface area contributed by atoms with Gasteiger partial charge >= 0.3 is 0 Å². The number of rotatable bonds is 3. The number of hydrogen-bond donors (Lipinski definition) is 2. The second kappa shape index (κ2) is 5.96. The van der Waals surface area contributed by atoms with E-state index in [9.17, 15) is 10.1 Å². The number of allylic oxidation sites excluding steroid dienone is 1. The molecule has 0 aliphatic carbocycles. The number of nitriles is 1. The van der Waals surface area contributed by atoms with Gasteiger partial charge in [-0.3, -0.25) is 4.79 Å². The van der Waals surface area contributed by atoms with Crippen molar-refractivity contribution in [3.05, 3.63) is 57.5 Å². The van der Waals surface area contributed by atoms with E-state index in [0.717, 1.165) is 0 Å². The molecule has 2 aromatic rings. The van der Waals surface area contributed by atoms with Gasteiger partial charge in [0.2, 0.25) is 11.8 Å². The third-order valence-corrected chi connectivity index (χ3v) is 3.77. The molecule has 1 atom stereocenters. The van der Waals surface area contributed by atoms with Crippen LogP contribution in [0.5, 0.6) is 17.4 Å². The lowest BCUT2D eigenvalue weighted by Gasteiger charge is -2.26. The molecule has 1 aromatic heterocycles. The quantitative estimate of drug-likeness (QED) is 0.862. The maximum absolute atomic E-state index is 12.3. The van der Waals surface area contributed by atoms with Crippen LogP contribution in [0.2, 0.25) is 0 Å². The fourth-order valence-corrected chi connectivity index (χ4v) is 2.75. The molecule has 3 N–H and O–H groups in total. The average Bonchev–Trinajstić information content (AvgIpc) is 2.59. The van der Waals surface area contributed by atoms with E-state index in [1.807, 2.05) is 6.07 Å². The summed E-state index contributed by atoms with van der Waals surface area (Å²) in [5.74, 6) is 0.0604. The van der Waals surface area contributed by atoms with Crippen LogP contribution >= 0.6 is 0 Å². The number of fused-ring (bicyclic) bond motifs is 1. The molecule has 0 unspecified atom stereocenters. The van der Waals surface area contributed by atoms with Gasteiger partial charge in [0.25, 0.3) is 5.56 Å². The first-order valence-corrected chi connectivity index (χ1v) is 6.98. The number of nitrogens with one attached hydrogen (secondary N) is 1. The third-order valence-electron chi connectivity index (χ3n) is 3.77. The second-order valence-electron chi connectivity index (χ2n) is 4.96. The van der Waals surface area contributed by atoms with Crippen molar-refractivity contribution in [1.29, 1.82) is 5.26 Å². The summed E-state index contributed by atoms with van der Waals surface area (Å²) in [6.07, 6.45) is 1.21. The van der Waals surface area contributed by atoms with Crippen molar-refractivity contribution in [2.75, 3.05) is 14.2 Å². The van der Waals surface area contributed by atoms with Gasteiger partial charge in [-0.15, -0.1) is 0 Å². The number of H-pyrrole nitrogens is 1. The number of aromatic nitrogens is 2. The molecule has 1 aliphatic heterocycles. The van der Waals surface area contributed by atoms with Crippen LogP contribution in [0.1, 0.15) is 17.0 Å². The molecular formula is C16H14N4O4. The predicted octanol–water partition coefficient (Wildman–Crippen LogP) is 1.01. The first-order valence-electron chi connectivity index (χ1n) is 6.98. The number of hydrogen-bond acceptors (Lipinski definition) is 7. The second-order valence-corrected chi connectivity index (χ2v) is 4.96.